The SMILES string of the molecule is Cc1cc(S(=O)(=O)NCCC2CCCCO2)sc1C(=O)O. The third-order valence-electron chi connectivity index (χ3n) is 3.39. The van der Waals surface area contributed by atoms with Crippen molar-refractivity contribution in [3.63, 3.8) is 0 Å². The van der Waals surface area contributed by atoms with Crippen molar-refractivity contribution in [2.75, 3.05) is 13.2 Å². The van der Waals surface area contributed by atoms with Crippen LogP contribution < -0.4 is 4.72 Å². The van der Waals surface area contributed by atoms with Crippen molar-refractivity contribution in [1.29, 1.82) is 0 Å². The second kappa shape index (κ2) is 6.87. The van der Waals surface area contributed by atoms with Gasteiger partial charge in [-0.05, 0) is 44.2 Å². The molecule has 2 rings (SSSR count). The Morgan fingerprint density at radius 3 is 2.86 bits per heavy atom. The van der Waals surface area contributed by atoms with Gasteiger partial charge in [-0.3, -0.25) is 0 Å². The van der Waals surface area contributed by atoms with E-state index in [-0.39, 0.29) is 15.2 Å². The van der Waals surface area contributed by atoms with Crippen LogP contribution in [0.2, 0.25) is 0 Å². The van der Waals surface area contributed by atoms with E-state index in [1.54, 1.807) is 6.92 Å². The summed E-state index contributed by atoms with van der Waals surface area (Å²) in [7, 11) is -3.65. The number of thiophene rings is 1. The molecule has 0 spiro atoms. The summed E-state index contributed by atoms with van der Waals surface area (Å²) in [5, 5.41) is 8.97. The zero-order chi connectivity index (χ0) is 15.5. The van der Waals surface area contributed by atoms with Crippen LogP contribution in [0.4, 0.5) is 0 Å². The Morgan fingerprint density at radius 1 is 1.52 bits per heavy atom. The predicted octanol–water partition coefficient (Wildman–Crippen LogP) is 1.99. The first-order valence-corrected chi connectivity index (χ1v) is 9.15. The molecule has 0 aromatic carbocycles. The lowest BCUT2D eigenvalue weighted by molar-refractivity contribution is 0.0123. The number of aryl methyl sites for hydroxylation is 1. The number of nitrogens with one attached hydrogen (secondary N) is 1. The van der Waals surface area contributed by atoms with Gasteiger partial charge >= 0.3 is 5.97 Å². The van der Waals surface area contributed by atoms with Crippen LogP contribution in [0.3, 0.4) is 0 Å². The highest BCUT2D eigenvalue weighted by atomic mass is 32.2. The van der Waals surface area contributed by atoms with Crippen LogP contribution in [0.5, 0.6) is 0 Å². The Kier molecular flexibility index (Phi) is 5.37. The smallest absolute Gasteiger partial charge is 0.346 e. The van der Waals surface area contributed by atoms with Crippen LogP contribution in [0.25, 0.3) is 0 Å². The summed E-state index contributed by atoms with van der Waals surface area (Å²) < 4.78 is 32.4. The van der Waals surface area contributed by atoms with Crippen molar-refractivity contribution < 1.29 is 23.1 Å². The summed E-state index contributed by atoms with van der Waals surface area (Å²) in [5.41, 5.74) is 0.462. The van der Waals surface area contributed by atoms with E-state index in [1.165, 1.54) is 6.07 Å². The second-order valence-electron chi connectivity index (χ2n) is 5.06. The average molecular weight is 333 g/mol. The molecule has 6 nitrogen and oxygen atoms in total. The number of carboxylic acids is 1. The minimum atomic E-state index is -3.65. The molecule has 0 amide bonds. The first-order valence-electron chi connectivity index (χ1n) is 6.85. The lowest BCUT2D eigenvalue weighted by atomic mass is 10.1. The molecule has 2 heterocycles. The van der Waals surface area contributed by atoms with Gasteiger partial charge in [0.05, 0.1) is 6.10 Å². The van der Waals surface area contributed by atoms with Crippen molar-refractivity contribution in [2.45, 2.75) is 42.9 Å². The third-order valence-corrected chi connectivity index (χ3v) is 6.55. The maximum Gasteiger partial charge on any atom is 0.346 e. The Balaban J connectivity index is 1.95. The Bertz CT molecular complexity index is 602. The Hall–Kier alpha value is -0.960. The summed E-state index contributed by atoms with van der Waals surface area (Å²) in [6, 6.07) is 1.40. The number of ether oxygens (including phenoxy) is 1. The molecule has 1 aliphatic rings. The van der Waals surface area contributed by atoms with Gasteiger partial charge in [0.25, 0.3) is 0 Å². The molecule has 1 aromatic rings. The molecule has 0 radical (unpaired) electrons. The molecular weight excluding hydrogens is 314 g/mol. The third kappa shape index (κ3) is 4.26. The van der Waals surface area contributed by atoms with Crippen molar-refractivity contribution in [3.8, 4) is 0 Å². The molecule has 2 N–H and O–H groups in total. The van der Waals surface area contributed by atoms with Gasteiger partial charge in [0.1, 0.15) is 9.09 Å². The van der Waals surface area contributed by atoms with E-state index in [0.29, 0.717) is 18.5 Å². The van der Waals surface area contributed by atoms with Crippen molar-refractivity contribution in [1.82, 2.24) is 4.72 Å². The summed E-state index contributed by atoms with van der Waals surface area (Å²) in [5.74, 6) is -1.10. The minimum absolute atomic E-state index is 0.0435. The number of carbonyl (C=O) groups is 1. The zero-order valence-corrected chi connectivity index (χ0v) is 13.4. The Labute approximate surface area is 128 Å². The summed E-state index contributed by atoms with van der Waals surface area (Å²) in [6.07, 6.45) is 3.89. The van der Waals surface area contributed by atoms with E-state index < -0.39 is 16.0 Å². The molecule has 1 atom stereocenters. The molecule has 0 aliphatic carbocycles. The first-order chi connectivity index (χ1) is 9.90. The molecule has 8 heteroatoms. The quantitative estimate of drug-likeness (QED) is 0.830. The van der Waals surface area contributed by atoms with Gasteiger partial charge in [-0.25, -0.2) is 17.9 Å². The molecule has 1 aliphatic heterocycles. The molecule has 21 heavy (non-hydrogen) atoms. The lowest BCUT2D eigenvalue weighted by Crippen LogP contribution is -2.29. The minimum Gasteiger partial charge on any atom is -0.477 e. The molecule has 0 bridgehead atoms. The van der Waals surface area contributed by atoms with Crippen molar-refractivity contribution in [2.24, 2.45) is 0 Å². The molecule has 1 saturated heterocycles. The van der Waals surface area contributed by atoms with Crippen LogP contribution in [0.15, 0.2) is 10.3 Å². The molecular formula is C13H19NO5S2. The number of hydrogen-bond acceptors (Lipinski definition) is 5. The van der Waals surface area contributed by atoms with Crippen molar-refractivity contribution >= 4 is 27.3 Å². The van der Waals surface area contributed by atoms with E-state index in [4.69, 9.17) is 9.84 Å². The summed E-state index contributed by atoms with van der Waals surface area (Å²) in [4.78, 5) is 11.0. The van der Waals surface area contributed by atoms with Gasteiger partial charge in [0, 0.05) is 13.2 Å². The number of sulfonamides is 1. The van der Waals surface area contributed by atoms with Gasteiger partial charge in [-0.15, -0.1) is 11.3 Å². The Morgan fingerprint density at radius 2 is 2.29 bits per heavy atom. The number of rotatable bonds is 6. The van der Waals surface area contributed by atoms with Crippen LogP contribution in [0, 0.1) is 6.92 Å². The standard InChI is InChI=1S/C13H19NO5S2/c1-9-8-11(20-12(9)13(15)16)21(17,18)14-6-5-10-4-2-3-7-19-10/h8,10,14H,2-7H2,1H3,(H,15,16). The molecule has 1 unspecified atom stereocenters. The van der Waals surface area contributed by atoms with Crippen LogP contribution in [-0.4, -0.2) is 38.7 Å². The van der Waals surface area contributed by atoms with Gasteiger partial charge in [-0.1, -0.05) is 0 Å². The normalized spacial score (nSPS) is 19.6. The first kappa shape index (κ1) is 16.4. The maximum atomic E-state index is 12.1. The fraction of sp³-hybridized carbons (Fsp3) is 0.615. The highest BCUT2D eigenvalue weighted by Crippen LogP contribution is 2.26. The van der Waals surface area contributed by atoms with E-state index in [1.807, 2.05) is 0 Å². The fourth-order valence-electron chi connectivity index (χ4n) is 2.26. The van der Waals surface area contributed by atoms with Gasteiger partial charge in [0.2, 0.25) is 10.0 Å². The fourth-order valence-corrected chi connectivity index (χ4v) is 4.73. The molecule has 1 aromatic heterocycles. The summed E-state index contributed by atoms with van der Waals surface area (Å²) in [6.45, 7) is 2.63. The largest absolute Gasteiger partial charge is 0.477 e. The predicted molar refractivity (Wildman–Crippen MR) is 79.4 cm³/mol. The average Bonchev–Trinajstić information content (AvgIpc) is 2.83. The van der Waals surface area contributed by atoms with E-state index in [0.717, 1.165) is 37.2 Å². The maximum absolute atomic E-state index is 12.1. The zero-order valence-electron chi connectivity index (χ0n) is 11.8. The monoisotopic (exact) mass is 333 g/mol. The molecule has 0 saturated carbocycles. The van der Waals surface area contributed by atoms with E-state index >= 15 is 0 Å². The number of aromatic carboxylic acids is 1. The van der Waals surface area contributed by atoms with Crippen molar-refractivity contribution in [3.05, 3.63) is 16.5 Å². The van der Waals surface area contributed by atoms with Gasteiger partial charge in [0.15, 0.2) is 0 Å². The second-order valence-corrected chi connectivity index (χ2v) is 8.10. The number of hydrogen-bond donors (Lipinski definition) is 2. The number of carboxylic acid groups (broad SMARTS) is 1. The topological polar surface area (TPSA) is 92.7 Å². The highest BCUT2D eigenvalue weighted by Gasteiger charge is 2.22. The summed E-state index contributed by atoms with van der Waals surface area (Å²) >= 11 is 0.779. The van der Waals surface area contributed by atoms with Gasteiger partial charge < -0.3 is 9.84 Å². The van der Waals surface area contributed by atoms with Crippen LogP contribution in [-0.2, 0) is 14.8 Å². The lowest BCUT2D eigenvalue weighted by Gasteiger charge is -2.22. The van der Waals surface area contributed by atoms with Crippen LogP contribution in [0.1, 0.15) is 40.9 Å². The van der Waals surface area contributed by atoms with Gasteiger partial charge in [-0.2, -0.15) is 0 Å². The molecule has 1 fully saturated rings. The van der Waals surface area contributed by atoms with E-state index in [2.05, 4.69) is 4.72 Å². The molecule has 118 valence electrons. The van der Waals surface area contributed by atoms with Crippen LogP contribution >= 0.6 is 11.3 Å². The highest BCUT2D eigenvalue weighted by molar-refractivity contribution is 7.91. The van der Waals surface area contributed by atoms with E-state index in [9.17, 15) is 13.2 Å².